The van der Waals surface area contributed by atoms with Crippen LogP contribution in [0.2, 0.25) is 0 Å². The van der Waals surface area contributed by atoms with Crippen LogP contribution in [-0.2, 0) is 0 Å². The molecule has 1 N–H and O–H groups in total. The van der Waals surface area contributed by atoms with Crippen molar-refractivity contribution in [1.82, 2.24) is 0 Å². The molecule has 0 aromatic heterocycles. The molecule has 7 rings (SSSR count). The minimum Gasteiger partial charge on any atom is -0.356 e. The zero-order valence-corrected chi connectivity index (χ0v) is 23.7. The van der Waals surface area contributed by atoms with Gasteiger partial charge in [0.2, 0.25) is 0 Å². The van der Waals surface area contributed by atoms with Crippen LogP contribution in [0.25, 0.3) is 10.8 Å². The maximum Gasteiger partial charge on any atom is 0.0540 e. The van der Waals surface area contributed by atoms with Crippen LogP contribution in [0.1, 0.15) is 0 Å². The van der Waals surface area contributed by atoms with Gasteiger partial charge in [-0.2, -0.15) is 0 Å². The number of fused-ring (bicyclic) bond motifs is 1. The number of nitrogens with zero attached hydrogens (tertiary/aromatic N) is 2. The molecule has 0 spiro atoms. The Morgan fingerprint density at radius 3 is 1.23 bits per heavy atom. The van der Waals surface area contributed by atoms with Crippen molar-refractivity contribution in [2.45, 2.75) is 0 Å². The van der Waals surface area contributed by atoms with E-state index in [0.29, 0.717) is 0 Å². The van der Waals surface area contributed by atoms with E-state index in [4.69, 9.17) is 0 Å². The van der Waals surface area contributed by atoms with E-state index >= 15 is 0 Å². The average Bonchev–Trinajstić information content (AvgIpc) is 3.08. The minimum absolute atomic E-state index is 1.03. The van der Waals surface area contributed by atoms with Crippen molar-refractivity contribution in [3.05, 3.63) is 182 Å². The van der Waals surface area contributed by atoms with Gasteiger partial charge in [0, 0.05) is 45.2 Å². The Balaban J connectivity index is 1.16. The highest BCUT2D eigenvalue weighted by molar-refractivity contribution is 5.99. The summed E-state index contributed by atoms with van der Waals surface area (Å²) in [6, 6.07) is 63.8. The summed E-state index contributed by atoms with van der Waals surface area (Å²) in [5, 5.41) is 6.03. The molecule has 0 atom stereocenters. The molecule has 0 amide bonds. The lowest BCUT2D eigenvalue weighted by atomic mass is 10.1. The molecule has 0 radical (unpaired) electrons. The third-order valence-electron chi connectivity index (χ3n) is 7.59. The first-order valence-corrected chi connectivity index (χ1v) is 14.5. The molecule has 3 heteroatoms. The molecular formula is C40H31N3. The van der Waals surface area contributed by atoms with Crippen molar-refractivity contribution < 1.29 is 0 Å². The van der Waals surface area contributed by atoms with Gasteiger partial charge in [-0.3, -0.25) is 0 Å². The molecule has 0 heterocycles. The van der Waals surface area contributed by atoms with E-state index in [0.717, 1.165) is 45.5 Å². The lowest BCUT2D eigenvalue weighted by Gasteiger charge is -2.27. The van der Waals surface area contributed by atoms with Gasteiger partial charge in [-0.25, -0.2) is 0 Å². The number of anilines is 8. The third-order valence-corrected chi connectivity index (χ3v) is 7.59. The molecule has 43 heavy (non-hydrogen) atoms. The highest BCUT2D eigenvalue weighted by atomic mass is 15.1. The van der Waals surface area contributed by atoms with Crippen LogP contribution in [-0.4, -0.2) is 0 Å². The number of hydrogen-bond acceptors (Lipinski definition) is 3. The molecule has 0 unspecified atom stereocenters. The van der Waals surface area contributed by atoms with Crippen molar-refractivity contribution in [2.75, 3.05) is 15.1 Å². The fourth-order valence-electron chi connectivity index (χ4n) is 5.56. The molecule has 206 valence electrons. The largest absolute Gasteiger partial charge is 0.356 e. The molecular weight excluding hydrogens is 522 g/mol. The molecule has 0 fully saturated rings. The van der Waals surface area contributed by atoms with E-state index in [2.05, 4.69) is 185 Å². The molecule has 0 bridgehead atoms. The monoisotopic (exact) mass is 553 g/mol. The van der Waals surface area contributed by atoms with Crippen molar-refractivity contribution in [1.29, 1.82) is 0 Å². The minimum atomic E-state index is 1.03. The predicted molar refractivity (Wildman–Crippen MR) is 183 cm³/mol. The zero-order valence-electron chi connectivity index (χ0n) is 23.7. The van der Waals surface area contributed by atoms with E-state index in [1.807, 2.05) is 12.1 Å². The van der Waals surface area contributed by atoms with Crippen LogP contribution in [0.4, 0.5) is 45.5 Å². The van der Waals surface area contributed by atoms with Crippen LogP contribution in [0, 0.1) is 0 Å². The number of nitrogens with one attached hydrogen (secondary N) is 1. The van der Waals surface area contributed by atoms with Gasteiger partial charge in [-0.15, -0.1) is 0 Å². The summed E-state index contributed by atoms with van der Waals surface area (Å²) in [6.45, 7) is 0. The van der Waals surface area contributed by atoms with E-state index < -0.39 is 0 Å². The second-order valence-corrected chi connectivity index (χ2v) is 10.4. The molecule has 0 saturated heterocycles. The lowest BCUT2D eigenvalue weighted by molar-refractivity contribution is 1.28. The van der Waals surface area contributed by atoms with Crippen LogP contribution in [0.3, 0.4) is 0 Å². The van der Waals surface area contributed by atoms with Gasteiger partial charge in [0.1, 0.15) is 0 Å². The summed E-state index contributed by atoms with van der Waals surface area (Å²) in [6.07, 6.45) is 0. The quantitative estimate of drug-likeness (QED) is 0.202. The van der Waals surface area contributed by atoms with Gasteiger partial charge in [0.05, 0.1) is 5.69 Å². The second kappa shape index (κ2) is 12.0. The van der Waals surface area contributed by atoms with E-state index in [9.17, 15) is 0 Å². The van der Waals surface area contributed by atoms with Crippen LogP contribution < -0.4 is 15.1 Å². The Hall–Kier alpha value is -5.80. The molecule has 0 saturated carbocycles. The van der Waals surface area contributed by atoms with Crippen molar-refractivity contribution >= 4 is 56.3 Å². The Bertz CT molecular complexity index is 1870. The lowest BCUT2D eigenvalue weighted by Crippen LogP contribution is -2.10. The summed E-state index contributed by atoms with van der Waals surface area (Å²) in [5.41, 5.74) is 8.80. The van der Waals surface area contributed by atoms with Crippen LogP contribution >= 0.6 is 0 Å². The predicted octanol–water partition coefficient (Wildman–Crippen LogP) is 11.5. The molecule has 0 aliphatic rings. The molecule has 3 nitrogen and oxygen atoms in total. The van der Waals surface area contributed by atoms with Crippen molar-refractivity contribution in [3.8, 4) is 0 Å². The first kappa shape index (κ1) is 26.1. The molecule has 7 aromatic carbocycles. The second-order valence-electron chi connectivity index (χ2n) is 10.4. The smallest absolute Gasteiger partial charge is 0.0540 e. The van der Waals surface area contributed by atoms with E-state index in [1.165, 1.54) is 10.8 Å². The summed E-state index contributed by atoms with van der Waals surface area (Å²) in [4.78, 5) is 4.59. The van der Waals surface area contributed by atoms with Gasteiger partial charge in [-0.1, -0.05) is 91.0 Å². The Kier molecular flexibility index (Phi) is 7.27. The molecule has 7 aromatic rings. The van der Waals surface area contributed by atoms with Gasteiger partial charge >= 0.3 is 0 Å². The average molecular weight is 554 g/mol. The number of benzene rings is 7. The maximum atomic E-state index is 3.59. The van der Waals surface area contributed by atoms with Crippen molar-refractivity contribution in [2.24, 2.45) is 0 Å². The Labute approximate surface area is 252 Å². The van der Waals surface area contributed by atoms with Gasteiger partial charge in [0.15, 0.2) is 0 Å². The fraction of sp³-hybridized carbons (Fsp3) is 0. The van der Waals surface area contributed by atoms with Crippen LogP contribution in [0.5, 0.6) is 0 Å². The highest BCUT2D eigenvalue weighted by Gasteiger charge is 2.15. The summed E-state index contributed by atoms with van der Waals surface area (Å²) >= 11 is 0. The number of para-hydroxylation sites is 3. The normalized spacial score (nSPS) is 10.8. The number of rotatable bonds is 8. The Morgan fingerprint density at radius 1 is 0.302 bits per heavy atom. The van der Waals surface area contributed by atoms with Gasteiger partial charge < -0.3 is 15.1 Å². The molecule has 0 aliphatic carbocycles. The standard InChI is InChI=1S/C40H31N3/c1-4-15-34(16-5-1)42(35-17-6-2-7-18-35)37-27-23-32(24-28-37)41-33-25-29-38(30-26-33)43(36-19-8-3-9-20-36)40-22-12-14-31-13-10-11-21-39(31)40/h1-30,41H. The van der Waals surface area contributed by atoms with Crippen molar-refractivity contribution in [3.63, 3.8) is 0 Å². The number of hydrogen-bond donors (Lipinski definition) is 1. The summed E-state index contributed by atoms with van der Waals surface area (Å²) in [5.74, 6) is 0. The zero-order chi connectivity index (χ0) is 28.8. The Morgan fingerprint density at radius 2 is 0.698 bits per heavy atom. The third kappa shape index (κ3) is 5.57. The first-order chi connectivity index (χ1) is 21.3. The van der Waals surface area contributed by atoms with E-state index in [-0.39, 0.29) is 0 Å². The summed E-state index contributed by atoms with van der Waals surface area (Å²) in [7, 11) is 0. The maximum absolute atomic E-state index is 3.59. The highest BCUT2D eigenvalue weighted by Crippen LogP contribution is 2.39. The molecule has 0 aliphatic heterocycles. The topological polar surface area (TPSA) is 18.5 Å². The first-order valence-electron chi connectivity index (χ1n) is 14.5. The van der Waals surface area contributed by atoms with Gasteiger partial charge in [-0.05, 0) is 96.4 Å². The van der Waals surface area contributed by atoms with Gasteiger partial charge in [0.25, 0.3) is 0 Å². The van der Waals surface area contributed by atoms with Crippen LogP contribution in [0.15, 0.2) is 182 Å². The fourth-order valence-corrected chi connectivity index (χ4v) is 5.56. The van der Waals surface area contributed by atoms with E-state index in [1.54, 1.807) is 0 Å². The summed E-state index contributed by atoms with van der Waals surface area (Å²) < 4.78 is 0. The SMILES string of the molecule is c1ccc(N(c2ccccc2)c2ccc(Nc3ccc(N(c4ccccc4)c4cccc5ccccc45)cc3)cc2)cc1.